The maximum absolute atomic E-state index is 5.34. The largest absolute Gasteiger partial charge is 0.381 e. The summed E-state index contributed by atoms with van der Waals surface area (Å²) in [5, 5.41) is 0. The Morgan fingerprint density at radius 3 is 0.688 bits per heavy atom. The molecule has 9 heteroatoms. The predicted molar refractivity (Wildman–Crippen MR) is 508 cm³/mol. The van der Waals surface area contributed by atoms with Crippen LogP contribution in [-0.2, 0) is 9.47 Å². The predicted octanol–water partition coefficient (Wildman–Crippen LogP) is 29.3. The van der Waals surface area contributed by atoms with Crippen molar-refractivity contribution in [3.8, 4) is 0 Å². The van der Waals surface area contributed by atoms with Crippen LogP contribution in [0.25, 0.3) is 0 Å². The third kappa shape index (κ3) is 62.5. The highest BCUT2D eigenvalue weighted by molar-refractivity contribution is 4.96. The molecule has 11 fully saturated rings. The van der Waals surface area contributed by atoms with Crippen molar-refractivity contribution < 1.29 is 9.47 Å². The number of piperazine rings is 2. The minimum Gasteiger partial charge on any atom is -0.381 e. The molecule has 11 rings (SSSR count). The number of rotatable bonds is 9. The lowest BCUT2D eigenvalue weighted by molar-refractivity contribution is 0.0373. The molecule has 5 unspecified atom stereocenters. The van der Waals surface area contributed by atoms with Crippen molar-refractivity contribution in [2.24, 2.45) is 71.0 Å². The van der Waals surface area contributed by atoms with Crippen LogP contribution in [0.3, 0.4) is 0 Å². The molecule has 5 atom stereocenters. The number of ether oxygens (including phenoxy) is 2. The molecule has 2 aliphatic carbocycles. The molecule has 0 N–H and O–H groups in total. The van der Waals surface area contributed by atoms with E-state index in [1.165, 1.54) is 213 Å². The van der Waals surface area contributed by atoms with Gasteiger partial charge in [0.1, 0.15) is 0 Å². The van der Waals surface area contributed by atoms with Gasteiger partial charge in [-0.3, -0.25) is 19.6 Å². The highest BCUT2D eigenvalue weighted by Crippen LogP contribution is 2.41. The zero-order chi connectivity index (χ0) is 84.2. The second-order valence-corrected chi connectivity index (χ2v) is 34.1. The molecule has 11 aliphatic rings. The molecule has 9 heterocycles. The van der Waals surface area contributed by atoms with Crippen LogP contribution >= 0.6 is 0 Å². The summed E-state index contributed by atoms with van der Waals surface area (Å²) in [6.45, 7) is 99.1. The Labute approximate surface area is 697 Å². The molecule has 9 saturated heterocycles. The number of piperidine rings is 3. The van der Waals surface area contributed by atoms with E-state index in [0.717, 1.165) is 146 Å². The molecule has 0 aromatic rings. The maximum atomic E-state index is 5.34. The minimum atomic E-state index is 0. The summed E-state index contributed by atoms with van der Waals surface area (Å²) < 4.78 is 10.6. The first-order valence-electron chi connectivity index (χ1n) is 48.4. The fourth-order valence-corrected chi connectivity index (χ4v) is 17.1. The van der Waals surface area contributed by atoms with Gasteiger partial charge in [-0.25, -0.2) is 0 Å². The normalized spacial score (nSPS) is 24.3. The van der Waals surface area contributed by atoms with E-state index in [4.69, 9.17) is 9.47 Å². The van der Waals surface area contributed by atoms with Crippen molar-refractivity contribution in [3.63, 3.8) is 0 Å². The number of nitrogens with zero attached hydrogens (tertiary/aromatic N) is 7. The third-order valence-corrected chi connectivity index (χ3v) is 23.8. The minimum absolute atomic E-state index is 0. The standard InChI is InChI=1S/2C11H21N.C9H19N.C9H18.2C8H18N2.2C8H16O.C8H16.9C2H6.2CH4/c2*1-8(2)12-10-4-5-11(12)7-9(3)6-10;1-8(2)9-4-6-10(3)7-5-9;1-8(2)9-6-4-3-5-7-9;2*1-8(2)10-6-4-9(3)5-7-10;1-7(2)8-3-5-9-6-4-8;1-7(2)8-4-3-5-9-6-8;1-7(2)8-5-3-4-6-8;9*1-2;;/h2*8-11H,4-7H2,1-3H3;8-9H,4-7H2,1-3H3;8-9H,3-7H2,1-2H3;2*8H,4-7H2,1-3H3;2*7-8H,3-6H2,1-2H3;7-8H,3-6H2,1-2H3;9*1-2H3;2*1H4. The van der Waals surface area contributed by atoms with Crippen molar-refractivity contribution in [3.05, 3.63) is 0 Å². The summed E-state index contributed by atoms with van der Waals surface area (Å²) >= 11 is 0. The quantitative estimate of drug-likeness (QED) is 0.225. The topological polar surface area (TPSA) is 41.1 Å². The second-order valence-electron chi connectivity index (χ2n) is 34.1. The lowest BCUT2D eigenvalue weighted by atomic mass is 9.82. The van der Waals surface area contributed by atoms with Gasteiger partial charge in [0.2, 0.25) is 0 Å². The molecule has 0 aromatic heterocycles. The van der Waals surface area contributed by atoms with Crippen molar-refractivity contribution in [2.45, 2.75) is 474 Å². The molecule has 0 amide bonds. The fraction of sp³-hybridized carbons (Fsp3) is 1.00. The molecule has 4 bridgehead atoms. The molecule has 0 spiro atoms. The summed E-state index contributed by atoms with van der Waals surface area (Å²) in [5.41, 5.74) is 0. The Balaban J connectivity index is -0.000000143. The van der Waals surface area contributed by atoms with Crippen LogP contribution in [0.15, 0.2) is 0 Å². The first kappa shape index (κ1) is 127. The zero-order valence-electron chi connectivity index (χ0n) is 82.7. The fourth-order valence-electron chi connectivity index (χ4n) is 17.1. The summed E-state index contributed by atoms with van der Waals surface area (Å²) in [6, 6.07) is 6.72. The average Bonchev–Trinajstić information content (AvgIpc) is 1.67. The first-order chi connectivity index (χ1) is 51.2. The molecule has 672 valence electrons. The monoisotopic (exact) mass is 1560 g/mol. The van der Waals surface area contributed by atoms with Gasteiger partial charge in [0.05, 0.1) is 0 Å². The van der Waals surface area contributed by atoms with Crippen LogP contribution in [0.1, 0.15) is 426 Å². The summed E-state index contributed by atoms with van der Waals surface area (Å²) in [4.78, 5) is 17.8. The molecular formula is C100H225N7O2. The van der Waals surface area contributed by atoms with E-state index in [1.54, 1.807) is 0 Å². The van der Waals surface area contributed by atoms with Crippen LogP contribution in [0.2, 0.25) is 0 Å². The van der Waals surface area contributed by atoms with Gasteiger partial charge in [0.25, 0.3) is 0 Å². The lowest BCUT2D eigenvalue weighted by Gasteiger charge is -2.40. The van der Waals surface area contributed by atoms with E-state index in [0.29, 0.717) is 0 Å². The van der Waals surface area contributed by atoms with Crippen LogP contribution in [0.4, 0.5) is 0 Å². The molecule has 9 nitrogen and oxygen atoms in total. The van der Waals surface area contributed by atoms with Crippen molar-refractivity contribution >= 4 is 0 Å². The zero-order valence-corrected chi connectivity index (χ0v) is 82.7. The van der Waals surface area contributed by atoms with Gasteiger partial charge in [-0.2, -0.15) is 0 Å². The van der Waals surface area contributed by atoms with Gasteiger partial charge in [-0.1, -0.05) is 280 Å². The van der Waals surface area contributed by atoms with Crippen molar-refractivity contribution in [2.75, 3.05) is 113 Å². The van der Waals surface area contributed by atoms with Gasteiger partial charge in [0, 0.05) is 127 Å². The van der Waals surface area contributed by atoms with Gasteiger partial charge >= 0.3 is 0 Å². The van der Waals surface area contributed by atoms with Crippen molar-refractivity contribution in [1.29, 1.82) is 0 Å². The highest BCUT2D eigenvalue weighted by Gasteiger charge is 2.41. The van der Waals surface area contributed by atoms with Gasteiger partial charge < -0.3 is 24.2 Å². The van der Waals surface area contributed by atoms with Crippen LogP contribution < -0.4 is 0 Å². The third-order valence-electron chi connectivity index (χ3n) is 23.8. The Morgan fingerprint density at radius 1 is 0.239 bits per heavy atom. The molecule has 9 aliphatic heterocycles. The summed E-state index contributed by atoms with van der Waals surface area (Å²) in [5.74, 6) is 11.3. The Morgan fingerprint density at radius 2 is 0.477 bits per heavy atom. The van der Waals surface area contributed by atoms with E-state index >= 15 is 0 Å². The van der Waals surface area contributed by atoms with Crippen LogP contribution in [0, 0.1) is 71.0 Å². The molecule has 109 heavy (non-hydrogen) atoms. The summed E-state index contributed by atoms with van der Waals surface area (Å²) in [7, 11) is 6.60. The summed E-state index contributed by atoms with van der Waals surface area (Å²) in [6.07, 6.45) is 33.1. The number of hydrogen-bond donors (Lipinski definition) is 0. The highest BCUT2D eigenvalue weighted by atomic mass is 16.5. The van der Waals surface area contributed by atoms with Gasteiger partial charge in [-0.05, 0) is 251 Å². The number of fused-ring (bicyclic) bond motifs is 4. The van der Waals surface area contributed by atoms with E-state index in [9.17, 15) is 0 Å². The van der Waals surface area contributed by atoms with Crippen LogP contribution in [-0.4, -0.2) is 196 Å². The molecule has 2 saturated carbocycles. The molecule has 0 aromatic carbocycles. The smallest absolute Gasteiger partial charge is 0.0496 e. The molecular weight excluding hydrogens is 1330 g/mol. The number of likely N-dealkylation sites (N-methyl/N-ethyl adjacent to an activating group) is 2. The Hall–Kier alpha value is -0.360. The lowest BCUT2D eigenvalue weighted by Crippen LogP contribution is -2.47. The van der Waals surface area contributed by atoms with E-state index < -0.39 is 0 Å². The molecule has 0 radical (unpaired) electrons. The maximum Gasteiger partial charge on any atom is 0.0496 e. The number of hydrogen-bond acceptors (Lipinski definition) is 9. The number of likely N-dealkylation sites (tertiary alicyclic amines) is 1. The Kier molecular flexibility index (Phi) is 99.5. The van der Waals surface area contributed by atoms with E-state index in [1.807, 2.05) is 125 Å². The SMILES string of the molecule is C.C.CC.CC.CC.CC.CC.CC.CC.CC.CC.CC(C)C1CCCC1.CC(C)C1CCCCC1.CC(C)C1CCCOC1.CC(C)C1CCN(C)CC1.CC(C)C1CCOCC1.CC(C)N1CCN(C)CC1.CC(C)N1CCN(C)CC1.CC1CC2CCC(C1)N2C(C)C.CC1CC2CCC(C1)N2C(C)C. The first-order valence-corrected chi connectivity index (χ1v) is 48.4. The van der Waals surface area contributed by atoms with E-state index in [2.05, 4.69) is 194 Å². The van der Waals surface area contributed by atoms with Gasteiger partial charge in [0.15, 0.2) is 0 Å². The second kappa shape index (κ2) is 85.5. The van der Waals surface area contributed by atoms with E-state index in [-0.39, 0.29) is 14.9 Å². The average molecular weight is 1560 g/mol. The van der Waals surface area contributed by atoms with Crippen molar-refractivity contribution in [1.82, 2.24) is 34.3 Å². The Bertz CT molecular complexity index is 1460. The van der Waals surface area contributed by atoms with Crippen LogP contribution in [0.5, 0.6) is 0 Å². The van der Waals surface area contributed by atoms with Gasteiger partial charge in [-0.15, -0.1) is 0 Å².